The summed E-state index contributed by atoms with van der Waals surface area (Å²) >= 11 is 0. The molecule has 2 rings (SSSR count). The summed E-state index contributed by atoms with van der Waals surface area (Å²) in [5, 5.41) is 2.30. The zero-order chi connectivity index (χ0) is 19.1. The maximum Gasteiger partial charge on any atom is 0.328 e. The standard InChI is InChI=1S/C18H17F2NO4S/c1-25-18(23)15(10-11-26(24)12-6-3-2-4-7-12)21-17(22)13-8-5-9-14(19)16(13)20/h2-9,15H,10-11H2,1H3,(H,21,22)/t15-,26+/m1/s1. The van der Waals surface area contributed by atoms with Gasteiger partial charge in [-0.1, -0.05) is 24.3 Å². The lowest BCUT2D eigenvalue weighted by Gasteiger charge is -2.16. The van der Waals surface area contributed by atoms with Crippen LogP contribution >= 0.6 is 0 Å². The molecule has 1 N–H and O–H groups in total. The number of methoxy groups -OCH3 is 1. The van der Waals surface area contributed by atoms with E-state index in [-0.39, 0.29) is 12.2 Å². The van der Waals surface area contributed by atoms with Crippen LogP contribution in [0, 0.1) is 11.6 Å². The molecule has 138 valence electrons. The van der Waals surface area contributed by atoms with E-state index in [1.807, 2.05) is 0 Å². The van der Waals surface area contributed by atoms with E-state index in [1.165, 1.54) is 6.07 Å². The van der Waals surface area contributed by atoms with Gasteiger partial charge in [0.1, 0.15) is 6.04 Å². The highest BCUT2D eigenvalue weighted by atomic mass is 32.2. The van der Waals surface area contributed by atoms with Gasteiger partial charge >= 0.3 is 5.97 Å². The van der Waals surface area contributed by atoms with Gasteiger partial charge in [0.05, 0.1) is 23.5 Å². The molecule has 0 fully saturated rings. The van der Waals surface area contributed by atoms with E-state index in [4.69, 9.17) is 0 Å². The third-order valence-electron chi connectivity index (χ3n) is 3.59. The van der Waals surface area contributed by atoms with Crippen LogP contribution in [0.25, 0.3) is 0 Å². The Morgan fingerprint density at radius 2 is 1.81 bits per heavy atom. The first-order chi connectivity index (χ1) is 12.4. The molecule has 0 saturated heterocycles. The van der Waals surface area contributed by atoms with Gasteiger partial charge in [0.2, 0.25) is 0 Å². The molecule has 2 atom stereocenters. The normalized spacial score (nSPS) is 12.9. The van der Waals surface area contributed by atoms with Crippen LogP contribution in [-0.4, -0.2) is 35.0 Å². The van der Waals surface area contributed by atoms with Crippen LogP contribution in [0.3, 0.4) is 0 Å². The summed E-state index contributed by atoms with van der Waals surface area (Å²) in [7, 11) is -0.246. The topological polar surface area (TPSA) is 72.5 Å². The van der Waals surface area contributed by atoms with Crippen molar-refractivity contribution in [1.29, 1.82) is 0 Å². The molecule has 8 heteroatoms. The van der Waals surface area contributed by atoms with Crippen molar-refractivity contribution in [3.05, 3.63) is 65.7 Å². The molecular weight excluding hydrogens is 364 g/mol. The van der Waals surface area contributed by atoms with Crippen LogP contribution < -0.4 is 5.32 Å². The maximum absolute atomic E-state index is 13.7. The molecule has 2 aromatic rings. The van der Waals surface area contributed by atoms with Gasteiger partial charge in [-0.05, 0) is 30.7 Å². The van der Waals surface area contributed by atoms with E-state index in [9.17, 15) is 22.6 Å². The van der Waals surface area contributed by atoms with Gasteiger partial charge in [-0.2, -0.15) is 0 Å². The Hall–Kier alpha value is -2.61. The second kappa shape index (κ2) is 9.19. The fourth-order valence-electron chi connectivity index (χ4n) is 2.22. The number of benzene rings is 2. The quantitative estimate of drug-likeness (QED) is 0.748. The van der Waals surface area contributed by atoms with E-state index in [1.54, 1.807) is 30.3 Å². The maximum atomic E-state index is 13.7. The molecule has 0 spiro atoms. The second-order valence-corrected chi connectivity index (χ2v) is 6.87. The molecule has 0 aliphatic rings. The first-order valence-electron chi connectivity index (χ1n) is 7.70. The SMILES string of the molecule is COC(=O)[C@@H](CC[S@](=O)c1ccccc1)NC(=O)c1cccc(F)c1F. The third-order valence-corrected chi connectivity index (χ3v) is 4.99. The number of nitrogens with one attached hydrogen (secondary N) is 1. The Balaban J connectivity index is 2.08. The molecule has 26 heavy (non-hydrogen) atoms. The fraction of sp³-hybridized carbons (Fsp3) is 0.222. The van der Waals surface area contributed by atoms with E-state index >= 15 is 0 Å². The highest BCUT2D eigenvalue weighted by molar-refractivity contribution is 7.85. The van der Waals surface area contributed by atoms with Gasteiger partial charge in [-0.15, -0.1) is 0 Å². The first kappa shape index (κ1) is 19.7. The van der Waals surface area contributed by atoms with Crippen molar-refractivity contribution in [2.75, 3.05) is 12.9 Å². The van der Waals surface area contributed by atoms with E-state index < -0.39 is 45.9 Å². The minimum absolute atomic E-state index is 0.0108. The van der Waals surface area contributed by atoms with Crippen LogP contribution in [0.4, 0.5) is 8.78 Å². The molecule has 0 aliphatic heterocycles. The van der Waals surface area contributed by atoms with Crippen LogP contribution in [0.1, 0.15) is 16.8 Å². The minimum Gasteiger partial charge on any atom is -0.467 e. The number of hydrogen-bond acceptors (Lipinski definition) is 4. The molecule has 0 aliphatic carbocycles. The Bertz CT molecular complexity index is 814. The molecule has 2 aromatic carbocycles. The van der Waals surface area contributed by atoms with Gasteiger partial charge < -0.3 is 10.1 Å². The van der Waals surface area contributed by atoms with Crippen LogP contribution in [0.15, 0.2) is 53.4 Å². The van der Waals surface area contributed by atoms with E-state index in [0.717, 1.165) is 19.2 Å². The Morgan fingerprint density at radius 3 is 2.46 bits per heavy atom. The highest BCUT2D eigenvalue weighted by Crippen LogP contribution is 2.13. The Morgan fingerprint density at radius 1 is 1.12 bits per heavy atom. The van der Waals surface area contributed by atoms with Crippen LogP contribution in [0.5, 0.6) is 0 Å². The van der Waals surface area contributed by atoms with E-state index in [0.29, 0.717) is 4.90 Å². The smallest absolute Gasteiger partial charge is 0.328 e. The number of carbonyl (C=O) groups excluding carboxylic acids is 2. The lowest BCUT2D eigenvalue weighted by atomic mass is 10.1. The summed E-state index contributed by atoms with van der Waals surface area (Å²) in [6.45, 7) is 0. The number of hydrogen-bond donors (Lipinski definition) is 1. The third kappa shape index (κ3) is 4.95. The Labute approximate surface area is 151 Å². The van der Waals surface area contributed by atoms with Crippen LogP contribution in [0.2, 0.25) is 0 Å². The molecule has 0 heterocycles. The zero-order valence-corrected chi connectivity index (χ0v) is 14.7. The van der Waals surface area contributed by atoms with E-state index in [2.05, 4.69) is 10.1 Å². The predicted molar refractivity (Wildman–Crippen MR) is 92.0 cm³/mol. The molecule has 0 saturated carbocycles. The number of rotatable bonds is 7. The summed E-state index contributed by atoms with van der Waals surface area (Å²) in [6, 6.07) is 10.7. The van der Waals surface area contributed by atoms with Gasteiger partial charge in [-0.25, -0.2) is 13.6 Å². The summed E-state index contributed by atoms with van der Waals surface area (Å²) in [6.07, 6.45) is 0.0108. The monoisotopic (exact) mass is 381 g/mol. The lowest BCUT2D eigenvalue weighted by Crippen LogP contribution is -2.42. The summed E-state index contributed by atoms with van der Waals surface area (Å²) in [5.74, 6) is -4.11. The van der Waals surface area contributed by atoms with Crippen molar-refractivity contribution in [2.24, 2.45) is 0 Å². The van der Waals surface area contributed by atoms with Gasteiger partial charge in [-0.3, -0.25) is 9.00 Å². The molecule has 5 nitrogen and oxygen atoms in total. The molecule has 0 radical (unpaired) electrons. The van der Waals surface area contributed by atoms with Crippen molar-refractivity contribution in [3.8, 4) is 0 Å². The number of amides is 1. The van der Waals surface area contributed by atoms with Crippen molar-refractivity contribution in [2.45, 2.75) is 17.4 Å². The lowest BCUT2D eigenvalue weighted by molar-refractivity contribution is -0.142. The molecular formula is C18H17F2NO4S. The number of ether oxygens (including phenoxy) is 1. The van der Waals surface area contributed by atoms with Crippen molar-refractivity contribution < 1.29 is 27.3 Å². The zero-order valence-electron chi connectivity index (χ0n) is 13.9. The number of carbonyl (C=O) groups is 2. The average Bonchev–Trinajstić information content (AvgIpc) is 2.66. The molecule has 1 amide bonds. The minimum atomic E-state index is -1.38. The number of esters is 1. The molecule has 0 aromatic heterocycles. The van der Waals surface area contributed by atoms with Gasteiger partial charge in [0.25, 0.3) is 5.91 Å². The summed E-state index contributed by atoms with van der Waals surface area (Å²) in [4.78, 5) is 24.6. The molecule has 0 bridgehead atoms. The van der Waals surface area contributed by atoms with Crippen LogP contribution in [-0.2, 0) is 20.3 Å². The second-order valence-electron chi connectivity index (χ2n) is 5.30. The number of halogens is 2. The average molecular weight is 381 g/mol. The molecule has 0 unspecified atom stereocenters. The fourth-order valence-corrected chi connectivity index (χ4v) is 3.37. The van der Waals surface area contributed by atoms with Crippen molar-refractivity contribution in [3.63, 3.8) is 0 Å². The summed E-state index contributed by atoms with van der Waals surface area (Å²) < 4.78 is 43.8. The predicted octanol–water partition coefficient (Wildman–Crippen LogP) is 2.43. The highest BCUT2D eigenvalue weighted by Gasteiger charge is 2.25. The van der Waals surface area contributed by atoms with Gasteiger partial charge in [0, 0.05) is 10.6 Å². The first-order valence-corrected chi connectivity index (χ1v) is 9.02. The largest absolute Gasteiger partial charge is 0.467 e. The Kier molecular flexibility index (Phi) is 6.97. The summed E-state index contributed by atoms with van der Waals surface area (Å²) in [5.41, 5.74) is -0.525. The van der Waals surface area contributed by atoms with Crippen molar-refractivity contribution >= 4 is 22.7 Å². The van der Waals surface area contributed by atoms with Gasteiger partial charge in [0.15, 0.2) is 11.6 Å². The van der Waals surface area contributed by atoms with Crippen molar-refractivity contribution in [1.82, 2.24) is 5.32 Å².